The van der Waals surface area contributed by atoms with Gasteiger partial charge in [0.15, 0.2) is 0 Å². The number of hydrogen-bond acceptors (Lipinski definition) is 5. The SMILES string of the molecule is Cc1cc(C)cc(OCC(O)CN2CCC(C(=O)N3CCOCC3)CC2)c1. The number of rotatable bonds is 6. The van der Waals surface area contributed by atoms with Crippen molar-refractivity contribution < 1.29 is 19.4 Å². The van der Waals surface area contributed by atoms with E-state index in [2.05, 4.69) is 11.0 Å². The number of piperidine rings is 1. The lowest BCUT2D eigenvalue weighted by atomic mass is 9.95. The van der Waals surface area contributed by atoms with Crippen molar-refractivity contribution in [2.45, 2.75) is 32.8 Å². The van der Waals surface area contributed by atoms with Crippen LogP contribution in [0.4, 0.5) is 0 Å². The van der Waals surface area contributed by atoms with E-state index in [-0.39, 0.29) is 18.4 Å². The first-order valence-corrected chi connectivity index (χ1v) is 9.99. The first-order chi connectivity index (χ1) is 13.0. The zero-order valence-corrected chi connectivity index (χ0v) is 16.5. The van der Waals surface area contributed by atoms with E-state index in [0.717, 1.165) is 42.8 Å². The summed E-state index contributed by atoms with van der Waals surface area (Å²) in [5, 5.41) is 10.3. The number of nitrogens with zero attached hydrogens (tertiary/aromatic N) is 2. The second-order valence-corrected chi connectivity index (χ2v) is 7.80. The molecular formula is C21H32N2O4. The van der Waals surface area contributed by atoms with Crippen molar-refractivity contribution >= 4 is 5.91 Å². The number of carbonyl (C=O) groups is 1. The van der Waals surface area contributed by atoms with Gasteiger partial charge in [0.2, 0.25) is 5.91 Å². The third kappa shape index (κ3) is 5.92. The monoisotopic (exact) mass is 376 g/mol. The molecule has 0 bridgehead atoms. The number of β-amino-alcohol motifs (C(OH)–C–C–N with tert-alkyl or cyclic N) is 1. The van der Waals surface area contributed by atoms with Crippen molar-refractivity contribution in [3.8, 4) is 5.75 Å². The highest BCUT2D eigenvalue weighted by Gasteiger charge is 2.29. The molecule has 3 rings (SSSR count). The smallest absolute Gasteiger partial charge is 0.225 e. The van der Waals surface area contributed by atoms with E-state index in [1.807, 2.05) is 30.9 Å². The lowest BCUT2D eigenvalue weighted by Gasteiger charge is -2.36. The van der Waals surface area contributed by atoms with Crippen LogP contribution in [0.15, 0.2) is 18.2 Å². The fraction of sp³-hybridized carbons (Fsp3) is 0.667. The van der Waals surface area contributed by atoms with Gasteiger partial charge in [0.05, 0.1) is 13.2 Å². The summed E-state index contributed by atoms with van der Waals surface area (Å²) in [6.45, 7) is 9.38. The Kier molecular flexibility index (Phi) is 7.10. The van der Waals surface area contributed by atoms with Gasteiger partial charge in [0.1, 0.15) is 18.5 Å². The van der Waals surface area contributed by atoms with Crippen molar-refractivity contribution in [1.82, 2.24) is 9.80 Å². The zero-order chi connectivity index (χ0) is 19.2. The minimum Gasteiger partial charge on any atom is -0.491 e. The van der Waals surface area contributed by atoms with Crippen LogP contribution in [0.3, 0.4) is 0 Å². The van der Waals surface area contributed by atoms with Crippen LogP contribution in [-0.4, -0.2) is 79.5 Å². The quantitative estimate of drug-likeness (QED) is 0.817. The average Bonchev–Trinajstić information content (AvgIpc) is 2.66. The van der Waals surface area contributed by atoms with E-state index in [9.17, 15) is 9.90 Å². The highest BCUT2D eigenvalue weighted by atomic mass is 16.5. The molecule has 0 aliphatic carbocycles. The number of ether oxygens (including phenoxy) is 2. The van der Waals surface area contributed by atoms with E-state index < -0.39 is 6.10 Å². The number of aliphatic hydroxyl groups excluding tert-OH is 1. The topological polar surface area (TPSA) is 62.2 Å². The van der Waals surface area contributed by atoms with E-state index in [1.54, 1.807) is 0 Å². The number of amides is 1. The molecule has 1 unspecified atom stereocenters. The molecule has 1 atom stereocenters. The van der Waals surface area contributed by atoms with Gasteiger partial charge in [-0.05, 0) is 63.0 Å². The highest BCUT2D eigenvalue weighted by molar-refractivity contribution is 5.79. The van der Waals surface area contributed by atoms with Gasteiger partial charge in [0, 0.05) is 25.6 Å². The summed E-state index contributed by atoms with van der Waals surface area (Å²) >= 11 is 0. The van der Waals surface area contributed by atoms with Crippen LogP contribution in [-0.2, 0) is 9.53 Å². The molecule has 2 aliphatic heterocycles. The normalized spacial score (nSPS) is 20.5. The minimum absolute atomic E-state index is 0.114. The molecule has 2 fully saturated rings. The van der Waals surface area contributed by atoms with Crippen molar-refractivity contribution in [1.29, 1.82) is 0 Å². The molecule has 0 aromatic heterocycles. The van der Waals surface area contributed by atoms with Crippen LogP contribution in [0.2, 0.25) is 0 Å². The van der Waals surface area contributed by atoms with Crippen molar-refractivity contribution in [3.63, 3.8) is 0 Å². The van der Waals surface area contributed by atoms with Crippen LogP contribution in [0.5, 0.6) is 5.75 Å². The fourth-order valence-corrected chi connectivity index (χ4v) is 3.96. The molecule has 2 aliphatic rings. The number of benzene rings is 1. The molecule has 1 amide bonds. The summed E-state index contributed by atoms with van der Waals surface area (Å²) in [6.07, 6.45) is 1.19. The third-order valence-corrected chi connectivity index (χ3v) is 5.37. The maximum absolute atomic E-state index is 12.6. The van der Waals surface area contributed by atoms with Gasteiger partial charge in [-0.3, -0.25) is 4.79 Å². The van der Waals surface area contributed by atoms with Gasteiger partial charge in [0.25, 0.3) is 0 Å². The number of morpholine rings is 1. The van der Waals surface area contributed by atoms with E-state index >= 15 is 0 Å². The molecule has 1 aromatic rings. The Balaban J connectivity index is 1.38. The Labute approximate surface area is 162 Å². The molecule has 1 N–H and O–H groups in total. The van der Waals surface area contributed by atoms with Gasteiger partial charge in [-0.25, -0.2) is 0 Å². The summed E-state index contributed by atoms with van der Waals surface area (Å²) in [7, 11) is 0. The number of likely N-dealkylation sites (tertiary alicyclic amines) is 1. The van der Waals surface area contributed by atoms with Gasteiger partial charge < -0.3 is 24.4 Å². The molecule has 1 aromatic carbocycles. The van der Waals surface area contributed by atoms with Crippen LogP contribution in [0, 0.1) is 19.8 Å². The molecule has 150 valence electrons. The highest BCUT2D eigenvalue weighted by Crippen LogP contribution is 2.21. The lowest BCUT2D eigenvalue weighted by Crippen LogP contribution is -2.47. The second kappa shape index (κ2) is 9.53. The molecule has 2 saturated heterocycles. The number of aryl methyl sites for hydroxylation is 2. The van der Waals surface area contributed by atoms with Gasteiger partial charge in [-0.2, -0.15) is 0 Å². The van der Waals surface area contributed by atoms with Crippen LogP contribution in [0.25, 0.3) is 0 Å². The summed E-state index contributed by atoms with van der Waals surface area (Å²) in [5.41, 5.74) is 2.32. The Bertz CT molecular complexity index is 602. The molecule has 0 spiro atoms. The summed E-state index contributed by atoms with van der Waals surface area (Å²) in [4.78, 5) is 16.8. The van der Waals surface area contributed by atoms with E-state index in [1.165, 1.54) is 0 Å². The average molecular weight is 376 g/mol. The predicted molar refractivity (Wildman–Crippen MR) is 104 cm³/mol. The first-order valence-electron chi connectivity index (χ1n) is 9.99. The van der Waals surface area contributed by atoms with Gasteiger partial charge in [-0.1, -0.05) is 6.07 Å². The Morgan fingerprint density at radius 3 is 2.41 bits per heavy atom. The fourth-order valence-electron chi connectivity index (χ4n) is 3.96. The third-order valence-electron chi connectivity index (χ3n) is 5.37. The molecule has 0 radical (unpaired) electrons. The molecule has 0 saturated carbocycles. The van der Waals surface area contributed by atoms with Crippen LogP contribution >= 0.6 is 0 Å². The lowest BCUT2D eigenvalue weighted by molar-refractivity contribution is -0.141. The summed E-state index contributed by atoms with van der Waals surface area (Å²) in [5.74, 6) is 1.20. The maximum atomic E-state index is 12.6. The molecule has 6 nitrogen and oxygen atoms in total. The second-order valence-electron chi connectivity index (χ2n) is 7.80. The summed E-state index contributed by atoms with van der Waals surface area (Å²) < 4.78 is 11.1. The Morgan fingerprint density at radius 2 is 1.78 bits per heavy atom. The Hall–Kier alpha value is -1.63. The van der Waals surface area contributed by atoms with Gasteiger partial charge >= 0.3 is 0 Å². The van der Waals surface area contributed by atoms with Crippen molar-refractivity contribution in [3.05, 3.63) is 29.3 Å². The van der Waals surface area contributed by atoms with E-state index in [0.29, 0.717) is 32.8 Å². The Morgan fingerprint density at radius 1 is 1.15 bits per heavy atom. The number of carbonyl (C=O) groups excluding carboxylic acids is 1. The molecular weight excluding hydrogens is 344 g/mol. The van der Waals surface area contributed by atoms with Gasteiger partial charge in [-0.15, -0.1) is 0 Å². The van der Waals surface area contributed by atoms with Crippen LogP contribution in [0.1, 0.15) is 24.0 Å². The zero-order valence-electron chi connectivity index (χ0n) is 16.5. The summed E-state index contributed by atoms with van der Waals surface area (Å²) in [6, 6.07) is 6.08. The standard InChI is InChI=1S/C21H32N2O4/c1-16-11-17(2)13-20(12-16)27-15-19(24)14-22-5-3-18(4-6-22)21(25)23-7-9-26-10-8-23/h11-13,18-19,24H,3-10,14-15H2,1-2H3. The molecule has 2 heterocycles. The molecule has 6 heteroatoms. The number of aliphatic hydroxyl groups is 1. The largest absolute Gasteiger partial charge is 0.491 e. The van der Waals surface area contributed by atoms with Crippen LogP contribution < -0.4 is 4.74 Å². The minimum atomic E-state index is -0.530. The maximum Gasteiger partial charge on any atom is 0.225 e. The van der Waals surface area contributed by atoms with Crippen molar-refractivity contribution in [2.75, 3.05) is 52.5 Å². The molecule has 27 heavy (non-hydrogen) atoms. The predicted octanol–water partition coefficient (Wildman–Crippen LogP) is 1.61. The first kappa shape index (κ1) is 20.1. The van der Waals surface area contributed by atoms with Crippen molar-refractivity contribution in [2.24, 2.45) is 5.92 Å². The number of hydrogen-bond donors (Lipinski definition) is 1. The van der Waals surface area contributed by atoms with E-state index in [4.69, 9.17) is 9.47 Å².